The van der Waals surface area contributed by atoms with E-state index in [1.807, 2.05) is 90.1 Å². The molecule has 0 saturated heterocycles. The molecule has 192 valence electrons. The van der Waals surface area contributed by atoms with Crippen molar-refractivity contribution in [3.8, 4) is 0 Å². The lowest BCUT2D eigenvalue weighted by atomic mass is 10.3. The third kappa shape index (κ3) is 8.78. The van der Waals surface area contributed by atoms with E-state index in [4.69, 9.17) is 38.0 Å². The number of nitrogens with two attached hydrogens (primary N) is 2. The van der Waals surface area contributed by atoms with Gasteiger partial charge in [0.05, 0.1) is 0 Å². The van der Waals surface area contributed by atoms with Gasteiger partial charge in [0, 0.05) is 61.4 Å². The number of rotatable bonds is 14. The van der Waals surface area contributed by atoms with Crippen LogP contribution in [0.5, 0.6) is 0 Å². The third-order valence-corrected chi connectivity index (χ3v) is 10.5. The lowest BCUT2D eigenvalue weighted by molar-refractivity contribution is 0.0851. The molecule has 0 aromatic heterocycles. The van der Waals surface area contributed by atoms with Crippen molar-refractivity contribution in [2.45, 2.75) is 41.5 Å². The first-order chi connectivity index (χ1) is 16.4. The minimum absolute atomic E-state index is 0.557. The van der Waals surface area contributed by atoms with Gasteiger partial charge in [0.2, 0.25) is 0 Å². The van der Waals surface area contributed by atoms with Crippen LogP contribution in [0.1, 0.15) is 41.5 Å². The summed E-state index contributed by atoms with van der Waals surface area (Å²) in [7, 11) is -5.57. The summed E-state index contributed by atoms with van der Waals surface area (Å²) < 4.78 is 34.7. The Balaban J connectivity index is 0.000000340. The van der Waals surface area contributed by atoms with E-state index in [-0.39, 0.29) is 0 Å². The fourth-order valence-corrected chi connectivity index (χ4v) is 8.42. The second kappa shape index (κ2) is 16.0. The molecule has 0 saturated carbocycles. The average molecular weight is 511 g/mol. The summed E-state index contributed by atoms with van der Waals surface area (Å²) in [5, 5.41) is 1.84. The topological polar surface area (TPSA) is 107 Å². The van der Waals surface area contributed by atoms with Gasteiger partial charge in [0.25, 0.3) is 0 Å². The van der Waals surface area contributed by atoms with Gasteiger partial charge in [0.15, 0.2) is 0 Å². The minimum atomic E-state index is -2.78. The van der Waals surface area contributed by atoms with E-state index < -0.39 is 17.6 Å². The number of nitrogen functional groups attached to an aromatic ring is 2. The first-order valence-electron chi connectivity index (χ1n) is 11.9. The summed E-state index contributed by atoms with van der Waals surface area (Å²) in [6.07, 6.45) is 0. The summed E-state index contributed by atoms with van der Waals surface area (Å²) in [6, 6.07) is 15.1. The fraction of sp³-hybridized carbons (Fsp3) is 0.500. The van der Waals surface area contributed by atoms with Crippen LogP contribution in [0.15, 0.2) is 48.5 Å². The summed E-state index contributed by atoms with van der Waals surface area (Å²) in [5.41, 5.74) is 13.0. The summed E-state index contributed by atoms with van der Waals surface area (Å²) >= 11 is 0. The van der Waals surface area contributed by atoms with Crippen LogP contribution in [0.2, 0.25) is 0 Å². The molecule has 10 heteroatoms. The maximum Gasteiger partial charge on any atom is 0.537 e. The van der Waals surface area contributed by atoms with Crippen molar-refractivity contribution in [3.63, 3.8) is 0 Å². The quantitative estimate of drug-likeness (QED) is 0.295. The molecule has 0 spiro atoms. The molecule has 0 bridgehead atoms. The molecule has 0 unspecified atom stereocenters. The molecule has 34 heavy (non-hydrogen) atoms. The number of anilines is 2. The predicted molar refractivity (Wildman–Crippen MR) is 142 cm³/mol. The maximum absolute atomic E-state index is 5.80. The molecule has 0 atom stereocenters. The zero-order chi connectivity index (χ0) is 25.5. The van der Waals surface area contributed by atoms with E-state index in [0.717, 1.165) is 10.4 Å². The van der Waals surface area contributed by atoms with Gasteiger partial charge in [-0.25, -0.2) is 0 Å². The lowest BCUT2D eigenvalue weighted by Gasteiger charge is -2.28. The van der Waals surface area contributed by atoms with Crippen molar-refractivity contribution >= 4 is 39.4 Å². The smallest absolute Gasteiger partial charge is 0.399 e. The van der Waals surface area contributed by atoms with Crippen LogP contribution >= 0.6 is 0 Å². The van der Waals surface area contributed by atoms with Crippen molar-refractivity contribution in [2.24, 2.45) is 0 Å². The molecule has 0 aliphatic carbocycles. The van der Waals surface area contributed by atoms with Crippen molar-refractivity contribution in [3.05, 3.63) is 48.5 Å². The van der Waals surface area contributed by atoms with E-state index >= 15 is 0 Å². The van der Waals surface area contributed by atoms with Crippen molar-refractivity contribution in [2.75, 3.05) is 51.1 Å². The first kappa shape index (κ1) is 30.3. The molecule has 4 N–H and O–H groups in total. The number of benzene rings is 2. The van der Waals surface area contributed by atoms with E-state index in [1.54, 1.807) is 0 Å². The van der Waals surface area contributed by atoms with E-state index in [1.165, 1.54) is 0 Å². The van der Waals surface area contributed by atoms with Crippen LogP contribution in [-0.4, -0.2) is 57.3 Å². The van der Waals surface area contributed by atoms with Gasteiger partial charge in [-0.05, 0) is 65.8 Å². The van der Waals surface area contributed by atoms with Gasteiger partial charge in [-0.3, -0.25) is 0 Å². The van der Waals surface area contributed by atoms with Gasteiger partial charge in [-0.2, -0.15) is 0 Å². The van der Waals surface area contributed by atoms with Gasteiger partial charge in [-0.1, -0.05) is 24.3 Å². The Kier molecular flexibility index (Phi) is 14.2. The molecule has 0 aliphatic rings. The standard InChI is InChI=1S/2C12H21NO3Si/c2*1-4-14-17(15-5-2,16-6-3)12-9-7-8-11(13)10-12/h2*7-10H,4-6,13H2,1-3H3. The van der Waals surface area contributed by atoms with Crippen LogP contribution in [0, 0.1) is 0 Å². The first-order valence-corrected chi connectivity index (χ1v) is 15.4. The van der Waals surface area contributed by atoms with Crippen molar-refractivity contribution in [1.29, 1.82) is 0 Å². The fourth-order valence-electron chi connectivity index (χ4n) is 3.35. The molecule has 0 amide bonds. The lowest BCUT2D eigenvalue weighted by Crippen LogP contribution is -2.56. The number of hydrogen-bond acceptors (Lipinski definition) is 8. The second-order valence-corrected chi connectivity index (χ2v) is 12.1. The summed E-state index contributed by atoms with van der Waals surface area (Å²) in [4.78, 5) is 0. The van der Waals surface area contributed by atoms with Crippen LogP contribution in [-0.2, 0) is 26.6 Å². The van der Waals surface area contributed by atoms with E-state index in [2.05, 4.69) is 0 Å². The Morgan fingerprint density at radius 2 is 0.765 bits per heavy atom. The van der Waals surface area contributed by atoms with Gasteiger partial charge >= 0.3 is 17.6 Å². The Morgan fingerprint density at radius 1 is 0.500 bits per heavy atom. The van der Waals surface area contributed by atoms with Gasteiger partial charge in [-0.15, -0.1) is 0 Å². The SMILES string of the molecule is CCO[Si](OCC)(OCC)c1cccc(N)c1.CCO[Si](OCC)(OCC)c1cccc(N)c1. The zero-order valence-corrected chi connectivity index (χ0v) is 23.5. The second-order valence-electron chi connectivity index (χ2n) is 6.96. The Morgan fingerprint density at radius 3 is 0.971 bits per heavy atom. The van der Waals surface area contributed by atoms with Gasteiger partial charge in [0.1, 0.15) is 0 Å². The normalized spacial score (nSPS) is 11.7. The largest absolute Gasteiger partial charge is 0.537 e. The zero-order valence-electron chi connectivity index (χ0n) is 21.5. The molecule has 0 aliphatic heterocycles. The molecular weight excluding hydrogens is 468 g/mol. The highest BCUT2D eigenvalue weighted by molar-refractivity contribution is 6.76. The van der Waals surface area contributed by atoms with Crippen LogP contribution in [0.4, 0.5) is 11.4 Å². The van der Waals surface area contributed by atoms with Crippen molar-refractivity contribution in [1.82, 2.24) is 0 Å². The van der Waals surface area contributed by atoms with Gasteiger partial charge < -0.3 is 38.0 Å². The molecule has 2 aromatic carbocycles. The Hall–Kier alpha value is -1.77. The highest BCUT2D eigenvalue weighted by Crippen LogP contribution is 2.14. The highest BCUT2D eigenvalue weighted by Gasteiger charge is 2.44. The Bertz CT molecular complexity index is 726. The van der Waals surface area contributed by atoms with E-state index in [0.29, 0.717) is 51.0 Å². The predicted octanol–water partition coefficient (Wildman–Crippen LogP) is 3.05. The molecule has 2 rings (SSSR count). The van der Waals surface area contributed by atoms with Crippen LogP contribution in [0.25, 0.3) is 0 Å². The van der Waals surface area contributed by atoms with Crippen LogP contribution in [0.3, 0.4) is 0 Å². The number of hydrogen-bond donors (Lipinski definition) is 2. The minimum Gasteiger partial charge on any atom is -0.399 e. The Labute approximate surface area is 207 Å². The molecule has 0 heterocycles. The highest BCUT2D eigenvalue weighted by atomic mass is 28.4. The maximum atomic E-state index is 5.80. The molecule has 2 aromatic rings. The molecule has 0 radical (unpaired) electrons. The monoisotopic (exact) mass is 510 g/mol. The average Bonchev–Trinajstić information content (AvgIpc) is 2.80. The summed E-state index contributed by atoms with van der Waals surface area (Å²) in [5.74, 6) is 0. The molecular formula is C24H42N2O6Si2. The third-order valence-electron chi connectivity index (χ3n) is 4.49. The molecule has 0 fully saturated rings. The van der Waals surface area contributed by atoms with Crippen LogP contribution < -0.4 is 21.8 Å². The summed E-state index contributed by atoms with van der Waals surface area (Å²) in [6.45, 7) is 15.0. The van der Waals surface area contributed by atoms with E-state index in [9.17, 15) is 0 Å². The molecule has 8 nitrogen and oxygen atoms in total. The van der Waals surface area contributed by atoms with Crippen molar-refractivity contribution < 1.29 is 26.6 Å².